The van der Waals surface area contributed by atoms with Gasteiger partial charge in [0.05, 0.1) is 27.1 Å². The van der Waals surface area contributed by atoms with Gasteiger partial charge in [0, 0.05) is 12.7 Å². The number of benzene rings is 1. The third kappa shape index (κ3) is 2.66. The number of nitrogens with two attached hydrogens (primary N) is 1. The standard InChI is InChI=1S/C13H16ClN3O2S/c1-8-6-10(4-5-11(8)15)20(18,19)7-12-13(14)9(2)16-17(12)3/h4-6H,7,15H2,1-3H3. The van der Waals surface area contributed by atoms with Crippen molar-refractivity contribution in [2.75, 3.05) is 5.73 Å². The minimum atomic E-state index is -3.49. The van der Waals surface area contributed by atoms with E-state index in [9.17, 15) is 8.42 Å². The Kier molecular flexibility index (Phi) is 3.80. The summed E-state index contributed by atoms with van der Waals surface area (Å²) in [6.07, 6.45) is 0. The van der Waals surface area contributed by atoms with Gasteiger partial charge in [0.2, 0.25) is 0 Å². The van der Waals surface area contributed by atoms with Crippen LogP contribution in [0.3, 0.4) is 0 Å². The smallest absolute Gasteiger partial charge is 0.184 e. The second-order valence-corrected chi connectivity index (χ2v) is 7.11. The molecule has 0 unspecified atom stereocenters. The van der Waals surface area contributed by atoms with E-state index in [1.54, 1.807) is 33.0 Å². The molecular formula is C13H16ClN3O2S. The average Bonchev–Trinajstić information content (AvgIpc) is 2.59. The molecule has 5 nitrogen and oxygen atoms in total. The number of aromatic nitrogens is 2. The first-order chi connectivity index (χ1) is 9.22. The van der Waals surface area contributed by atoms with Crippen LogP contribution in [0.1, 0.15) is 17.0 Å². The lowest BCUT2D eigenvalue weighted by molar-refractivity contribution is 0.591. The lowest BCUT2D eigenvalue weighted by Gasteiger charge is -2.08. The zero-order valence-corrected chi connectivity index (χ0v) is 13.1. The molecule has 0 aliphatic heterocycles. The van der Waals surface area contributed by atoms with E-state index in [-0.39, 0.29) is 10.6 Å². The molecule has 2 rings (SSSR count). The maximum Gasteiger partial charge on any atom is 0.184 e. The number of aryl methyl sites for hydroxylation is 3. The van der Waals surface area contributed by atoms with Gasteiger partial charge in [0.1, 0.15) is 0 Å². The first kappa shape index (κ1) is 14.9. The van der Waals surface area contributed by atoms with Crippen LogP contribution in [0.25, 0.3) is 0 Å². The number of anilines is 1. The Labute approximate surface area is 123 Å². The second kappa shape index (κ2) is 5.10. The van der Waals surface area contributed by atoms with Gasteiger partial charge in [-0.2, -0.15) is 5.10 Å². The fraction of sp³-hybridized carbons (Fsp3) is 0.308. The number of rotatable bonds is 3. The Hall–Kier alpha value is -1.53. The Bertz CT molecular complexity index is 766. The van der Waals surface area contributed by atoms with Gasteiger partial charge in [-0.3, -0.25) is 4.68 Å². The van der Waals surface area contributed by atoms with Crippen molar-refractivity contribution in [2.24, 2.45) is 7.05 Å². The van der Waals surface area contributed by atoms with E-state index in [1.165, 1.54) is 10.7 Å². The molecule has 20 heavy (non-hydrogen) atoms. The normalized spacial score (nSPS) is 11.8. The van der Waals surface area contributed by atoms with Crippen molar-refractivity contribution in [3.63, 3.8) is 0 Å². The fourth-order valence-corrected chi connectivity index (χ4v) is 3.74. The monoisotopic (exact) mass is 313 g/mol. The average molecular weight is 314 g/mol. The molecule has 1 aromatic carbocycles. The molecule has 0 spiro atoms. The fourth-order valence-electron chi connectivity index (χ4n) is 1.94. The number of nitrogen functional groups attached to an aromatic ring is 1. The molecular weight excluding hydrogens is 298 g/mol. The van der Waals surface area contributed by atoms with E-state index in [0.29, 0.717) is 22.1 Å². The molecule has 108 valence electrons. The van der Waals surface area contributed by atoms with Gasteiger partial charge in [-0.15, -0.1) is 0 Å². The van der Waals surface area contributed by atoms with Crippen molar-refractivity contribution in [2.45, 2.75) is 24.5 Å². The number of halogens is 1. The van der Waals surface area contributed by atoms with E-state index in [4.69, 9.17) is 17.3 Å². The predicted molar refractivity (Wildman–Crippen MR) is 79.4 cm³/mol. The van der Waals surface area contributed by atoms with Crippen LogP contribution in [0.4, 0.5) is 5.69 Å². The van der Waals surface area contributed by atoms with Gasteiger partial charge in [0.25, 0.3) is 0 Å². The van der Waals surface area contributed by atoms with Crippen LogP contribution in [-0.4, -0.2) is 18.2 Å². The molecule has 0 radical (unpaired) electrons. The summed E-state index contributed by atoms with van der Waals surface area (Å²) < 4.78 is 26.4. The Morgan fingerprint density at radius 3 is 2.50 bits per heavy atom. The number of sulfone groups is 1. The maximum atomic E-state index is 12.4. The Morgan fingerprint density at radius 2 is 2.00 bits per heavy atom. The first-order valence-corrected chi connectivity index (χ1v) is 8.02. The molecule has 7 heteroatoms. The highest BCUT2D eigenvalue weighted by atomic mass is 35.5. The summed E-state index contributed by atoms with van der Waals surface area (Å²) in [6, 6.07) is 4.68. The summed E-state index contributed by atoms with van der Waals surface area (Å²) in [4.78, 5) is 0.235. The summed E-state index contributed by atoms with van der Waals surface area (Å²) in [5, 5.41) is 4.51. The van der Waals surface area contributed by atoms with E-state index >= 15 is 0 Å². The number of hydrogen-bond acceptors (Lipinski definition) is 4. The van der Waals surface area contributed by atoms with Gasteiger partial charge >= 0.3 is 0 Å². The Morgan fingerprint density at radius 1 is 1.35 bits per heavy atom. The minimum absolute atomic E-state index is 0.188. The molecule has 0 amide bonds. The van der Waals surface area contributed by atoms with Crippen molar-refractivity contribution < 1.29 is 8.42 Å². The molecule has 0 aliphatic rings. The topological polar surface area (TPSA) is 78.0 Å². The van der Waals surface area contributed by atoms with Gasteiger partial charge in [0.15, 0.2) is 9.84 Å². The lowest BCUT2D eigenvalue weighted by Crippen LogP contribution is -2.09. The van der Waals surface area contributed by atoms with Gasteiger partial charge in [-0.25, -0.2) is 8.42 Å². The van der Waals surface area contributed by atoms with Crippen molar-refractivity contribution in [1.82, 2.24) is 9.78 Å². The van der Waals surface area contributed by atoms with Gasteiger partial charge in [-0.1, -0.05) is 11.6 Å². The van der Waals surface area contributed by atoms with Crippen LogP contribution in [0, 0.1) is 13.8 Å². The molecule has 0 aliphatic carbocycles. The molecule has 0 atom stereocenters. The molecule has 0 saturated heterocycles. The highest BCUT2D eigenvalue weighted by Gasteiger charge is 2.21. The van der Waals surface area contributed by atoms with Crippen LogP contribution < -0.4 is 5.73 Å². The van der Waals surface area contributed by atoms with Gasteiger partial charge < -0.3 is 5.73 Å². The molecule has 0 fully saturated rings. The number of hydrogen-bond donors (Lipinski definition) is 1. The van der Waals surface area contributed by atoms with E-state index < -0.39 is 9.84 Å². The summed E-state index contributed by atoms with van der Waals surface area (Å²) in [7, 11) is -1.81. The van der Waals surface area contributed by atoms with E-state index in [1.807, 2.05) is 0 Å². The third-order valence-electron chi connectivity index (χ3n) is 3.19. The molecule has 2 aromatic rings. The van der Waals surface area contributed by atoms with Crippen LogP contribution in [0.15, 0.2) is 23.1 Å². The second-order valence-electron chi connectivity index (χ2n) is 4.75. The van der Waals surface area contributed by atoms with Crippen LogP contribution in [0.2, 0.25) is 5.02 Å². The SMILES string of the molecule is Cc1cc(S(=O)(=O)Cc2c(Cl)c(C)nn2C)ccc1N. The van der Waals surface area contributed by atoms with Crippen molar-refractivity contribution in [1.29, 1.82) is 0 Å². The summed E-state index contributed by atoms with van der Waals surface area (Å²) in [6.45, 7) is 3.52. The summed E-state index contributed by atoms with van der Waals surface area (Å²) >= 11 is 6.10. The summed E-state index contributed by atoms with van der Waals surface area (Å²) in [5.41, 5.74) is 8.11. The lowest BCUT2D eigenvalue weighted by atomic mass is 10.2. The van der Waals surface area contributed by atoms with Crippen LogP contribution in [0.5, 0.6) is 0 Å². The third-order valence-corrected chi connectivity index (χ3v) is 5.31. The maximum absolute atomic E-state index is 12.4. The highest BCUT2D eigenvalue weighted by molar-refractivity contribution is 7.90. The van der Waals surface area contributed by atoms with Crippen molar-refractivity contribution in [3.05, 3.63) is 40.2 Å². The molecule has 0 saturated carbocycles. The Balaban J connectivity index is 2.43. The molecule has 1 aromatic heterocycles. The summed E-state index contributed by atoms with van der Waals surface area (Å²) in [5.74, 6) is -0.188. The first-order valence-electron chi connectivity index (χ1n) is 5.99. The zero-order valence-electron chi connectivity index (χ0n) is 11.5. The largest absolute Gasteiger partial charge is 0.399 e. The van der Waals surface area contributed by atoms with Crippen molar-refractivity contribution >= 4 is 27.1 Å². The van der Waals surface area contributed by atoms with Crippen molar-refractivity contribution in [3.8, 4) is 0 Å². The van der Waals surface area contributed by atoms with E-state index in [2.05, 4.69) is 5.10 Å². The van der Waals surface area contributed by atoms with Gasteiger partial charge in [-0.05, 0) is 37.6 Å². The predicted octanol–water partition coefficient (Wildman–Crippen LogP) is 2.25. The van der Waals surface area contributed by atoms with Crippen LogP contribution >= 0.6 is 11.6 Å². The van der Waals surface area contributed by atoms with E-state index in [0.717, 1.165) is 5.56 Å². The quantitative estimate of drug-likeness (QED) is 0.882. The minimum Gasteiger partial charge on any atom is -0.399 e. The molecule has 2 N–H and O–H groups in total. The molecule has 0 bridgehead atoms. The zero-order chi connectivity index (χ0) is 15.1. The number of nitrogens with zero attached hydrogens (tertiary/aromatic N) is 2. The van der Waals surface area contributed by atoms with Crippen LogP contribution in [-0.2, 0) is 22.6 Å². The highest BCUT2D eigenvalue weighted by Crippen LogP contribution is 2.25. The molecule has 1 heterocycles.